The minimum Gasteiger partial charge on any atom is -0.373 e. The van der Waals surface area contributed by atoms with Crippen LogP contribution < -0.4 is 4.90 Å². The van der Waals surface area contributed by atoms with Crippen LogP contribution >= 0.6 is 23.2 Å². The number of hydrogen-bond acceptors (Lipinski definition) is 4. The summed E-state index contributed by atoms with van der Waals surface area (Å²) < 4.78 is 5.90. The minimum atomic E-state index is -0.218. The number of hydrogen-bond donors (Lipinski definition) is 0. The molecule has 0 saturated carbocycles. The standard InChI is InChI=1S/C24H29Cl2N3O2/c1-17-14-28(15-18(2)31-17)12-10-24(19-6-7-20(25)21(26)13-19)9-8-23(30)29(16-24)22-5-3-4-11-27-22/h3-7,11,13,17-18H,8-10,12,14-16H2,1-2H3/t17?,18?,24-/m1/s1. The highest BCUT2D eigenvalue weighted by Crippen LogP contribution is 2.41. The van der Waals surface area contributed by atoms with Gasteiger partial charge in [-0.25, -0.2) is 4.98 Å². The molecule has 1 amide bonds. The van der Waals surface area contributed by atoms with Crippen LogP contribution in [0.1, 0.15) is 38.7 Å². The average molecular weight is 462 g/mol. The molecule has 31 heavy (non-hydrogen) atoms. The summed E-state index contributed by atoms with van der Waals surface area (Å²) in [6.07, 6.45) is 4.36. The van der Waals surface area contributed by atoms with E-state index in [1.165, 1.54) is 0 Å². The lowest BCUT2D eigenvalue weighted by Gasteiger charge is -2.44. The zero-order valence-corrected chi connectivity index (χ0v) is 19.6. The van der Waals surface area contributed by atoms with Crippen LogP contribution in [-0.2, 0) is 14.9 Å². The molecular weight excluding hydrogens is 433 g/mol. The third-order valence-corrected chi connectivity index (χ3v) is 7.18. The smallest absolute Gasteiger partial charge is 0.228 e. The Morgan fingerprint density at radius 2 is 1.90 bits per heavy atom. The second-order valence-corrected chi connectivity index (χ2v) is 9.66. The summed E-state index contributed by atoms with van der Waals surface area (Å²) in [5.74, 6) is 0.813. The average Bonchev–Trinajstić information content (AvgIpc) is 2.75. The number of anilines is 1. The summed E-state index contributed by atoms with van der Waals surface area (Å²) in [6, 6.07) is 11.6. The minimum absolute atomic E-state index is 0.114. The lowest BCUT2D eigenvalue weighted by atomic mass is 9.71. The molecule has 7 heteroatoms. The fourth-order valence-corrected chi connectivity index (χ4v) is 5.22. The summed E-state index contributed by atoms with van der Waals surface area (Å²) in [5.41, 5.74) is 0.912. The largest absolute Gasteiger partial charge is 0.373 e. The van der Waals surface area contributed by atoms with Gasteiger partial charge in [0.15, 0.2) is 0 Å². The van der Waals surface area contributed by atoms with Gasteiger partial charge in [0, 0.05) is 37.7 Å². The second kappa shape index (κ2) is 9.45. The van der Waals surface area contributed by atoms with Crippen LogP contribution in [0.2, 0.25) is 10.0 Å². The van der Waals surface area contributed by atoms with Gasteiger partial charge in [0.25, 0.3) is 0 Å². The number of pyridine rings is 1. The van der Waals surface area contributed by atoms with Crippen molar-refractivity contribution in [3.8, 4) is 0 Å². The van der Waals surface area contributed by atoms with Gasteiger partial charge >= 0.3 is 0 Å². The van der Waals surface area contributed by atoms with Crippen molar-refractivity contribution in [1.29, 1.82) is 0 Å². The molecule has 1 aromatic heterocycles. The number of morpholine rings is 1. The van der Waals surface area contributed by atoms with E-state index in [9.17, 15) is 4.79 Å². The predicted octanol–water partition coefficient (Wildman–Crippen LogP) is 4.95. The van der Waals surface area contributed by atoms with E-state index >= 15 is 0 Å². The summed E-state index contributed by atoms with van der Waals surface area (Å²) in [4.78, 5) is 21.6. The number of halogens is 2. The molecule has 2 aliphatic heterocycles. The number of carbonyl (C=O) groups excluding carboxylic acids is 1. The van der Waals surface area contributed by atoms with E-state index in [0.29, 0.717) is 28.8 Å². The molecule has 2 saturated heterocycles. The highest BCUT2D eigenvalue weighted by molar-refractivity contribution is 6.42. The summed E-state index contributed by atoms with van der Waals surface area (Å²) in [6.45, 7) is 7.60. The Morgan fingerprint density at radius 1 is 1.13 bits per heavy atom. The molecular formula is C24H29Cl2N3O2. The number of ether oxygens (including phenoxy) is 1. The van der Waals surface area contributed by atoms with Gasteiger partial charge in [0.05, 0.1) is 22.3 Å². The van der Waals surface area contributed by atoms with Gasteiger partial charge in [-0.05, 0) is 63.1 Å². The molecule has 0 aliphatic carbocycles. The first-order valence-corrected chi connectivity index (χ1v) is 11.7. The maximum absolute atomic E-state index is 12.8. The molecule has 2 fully saturated rings. The third kappa shape index (κ3) is 5.06. The lowest BCUT2D eigenvalue weighted by molar-refractivity contribution is -0.120. The molecule has 166 valence electrons. The van der Waals surface area contributed by atoms with E-state index in [4.69, 9.17) is 27.9 Å². The third-order valence-electron chi connectivity index (χ3n) is 6.44. The number of piperidine rings is 1. The van der Waals surface area contributed by atoms with E-state index < -0.39 is 0 Å². The van der Waals surface area contributed by atoms with Crippen LogP contribution in [0.4, 0.5) is 5.82 Å². The normalized spacial score (nSPS) is 27.5. The second-order valence-electron chi connectivity index (χ2n) is 8.84. The van der Waals surface area contributed by atoms with Crippen molar-refractivity contribution < 1.29 is 9.53 Å². The summed E-state index contributed by atoms with van der Waals surface area (Å²) in [7, 11) is 0. The molecule has 1 aromatic carbocycles. The van der Waals surface area contributed by atoms with E-state index in [2.05, 4.69) is 29.8 Å². The van der Waals surface area contributed by atoms with Crippen LogP contribution in [0.15, 0.2) is 42.6 Å². The van der Waals surface area contributed by atoms with Gasteiger partial charge in [-0.1, -0.05) is 35.3 Å². The first-order valence-electron chi connectivity index (χ1n) is 10.9. The van der Waals surface area contributed by atoms with Gasteiger partial charge in [-0.15, -0.1) is 0 Å². The van der Waals surface area contributed by atoms with Gasteiger partial charge in [-0.3, -0.25) is 14.6 Å². The molecule has 4 rings (SSSR count). The first kappa shape index (κ1) is 22.5. The van der Waals surface area contributed by atoms with Gasteiger partial charge in [0.2, 0.25) is 5.91 Å². The van der Waals surface area contributed by atoms with Crippen LogP contribution in [0.3, 0.4) is 0 Å². The van der Waals surface area contributed by atoms with Crippen LogP contribution in [0.5, 0.6) is 0 Å². The van der Waals surface area contributed by atoms with E-state index in [0.717, 1.165) is 38.0 Å². The molecule has 3 heterocycles. The molecule has 2 unspecified atom stereocenters. The molecule has 0 N–H and O–H groups in total. The van der Waals surface area contributed by atoms with E-state index in [1.54, 1.807) is 6.20 Å². The fraction of sp³-hybridized carbons (Fsp3) is 0.500. The Hall–Kier alpha value is -1.66. The monoisotopic (exact) mass is 461 g/mol. The predicted molar refractivity (Wildman–Crippen MR) is 125 cm³/mol. The lowest BCUT2D eigenvalue weighted by Crippen LogP contribution is -2.52. The maximum Gasteiger partial charge on any atom is 0.228 e. The highest BCUT2D eigenvalue weighted by atomic mass is 35.5. The quantitative estimate of drug-likeness (QED) is 0.631. The Morgan fingerprint density at radius 3 is 2.58 bits per heavy atom. The first-order chi connectivity index (χ1) is 14.9. The fourth-order valence-electron chi connectivity index (χ4n) is 4.92. The Labute approximate surface area is 194 Å². The molecule has 0 radical (unpaired) electrons. The maximum atomic E-state index is 12.8. The Balaban J connectivity index is 1.64. The zero-order valence-electron chi connectivity index (χ0n) is 18.1. The SMILES string of the molecule is CC1CN(CC[C@]2(c3ccc(Cl)c(Cl)c3)CCC(=O)N(c3ccccn3)C2)CC(C)O1. The van der Waals surface area contributed by atoms with Gasteiger partial charge < -0.3 is 4.74 Å². The van der Waals surface area contributed by atoms with Crippen molar-refractivity contribution in [3.63, 3.8) is 0 Å². The van der Waals surface area contributed by atoms with Crippen LogP contribution in [-0.4, -0.2) is 54.2 Å². The van der Waals surface area contributed by atoms with E-state index in [-0.39, 0.29) is 23.5 Å². The van der Waals surface area contributed by atoms with Crippen LogP contribution in [0.25, 0.3) is 0 Å². The number of aromatic nitrogens is 1. The molecule has 0 spiro atoms. The Kier molecular flexibility index (Phi) is 6.87. The molecule has 2 aromatic rings. The topological polar surface area (TPSA) is 45.7 Å². The summed E-state index contributed by atoms with van der Waals surface area (Å²) in [5, 5.41) is 1.10. The highest BCUT2D eigenvalue weighted by Gasteiger charge is 2.41. The van der Waals surface area contributed by atoms with Gasteiger partial charge in [-0.2, -0.15) is 0 Å². The van der Waals surface area contributed by atoms with Gasteiger partial charge in [0.1, 0.15) is 5.82 Å². The number of benzene rings is 1. The number of nitrogens with zero attached hydrogens (tertiary/aromatic N) is 3. The number of carbonyl (C=O) groups is 1. The summed E-state index contributed by atoms with van der Waals surface area (Å²) >= 11 is 12.6. The van der Waals surface area contributed by atoms with Crippen molar-refractivity contribution in [2.24, 2.45) is 0 Å². The van der Waals surface area contributed by atoms with E-state index in [1.807, 2.05) is 35.2 Å². The number of amides is 1. The molecule has 0 bridgehead atoms. The zero-order chi connectivity index (χ0) is 22.0. The number of rotatable bonds is 5. The molecule has 2 aliphatic rings. The Bertz CT molecular complexity index is 916. The molecule has 3 atom stereocenters. The van der Waals surface area contributed by atoms with Crippen molar-refractivity contribution in [2.45, 2.75) is 50.7 Å². The van der Waals surface area contributed by atoms with Crippen molar-refractivity contribution in [3.05, 3.63) is 58.2 Å². The van der Waals surface area contributed by atoms with Crippen molar-refractivity contribution in [1.82, 2.24) is 9.88 Å². The van der Waals surface area contributed by atoms with Crippen molar-refractivity contribution in [2.75, 3.05) is 31.1 Å². The van der Waals surface area contributed by atoms with Crippen molar-refractivity contribution >= 4 is 34.9 Å². The van der Waals surface area contributed by atoms with Crippen LogP contribution in [0, 0.1) is 0 Å². The molecule has 5 nitrogen and oxygen atoms in total.